The highest BCUT2D eigenvalue weighted by molar-refractivity contribution is 5.36. The van der Waals surface area contributed by atoms with Crippen LogP contribution in [0.25, 0.3) is 5.69 Å². The molecule has 2 heterocycles. The monoisotopic (exact) mass is 378 g/mol. The molecule has 0 N–H and O–H groups in total. The highest BCUT2D eigenvalue weighted by atomic mass is 19.1. The SMILES string of the molecule is O=c1cc(OCc2ccc(F)cc2)ccn1-c1ccc(CN2CCCC2)cc1. The zero-order chi connectivity index (χ0) is 19.3. The van der Waals surface area contributed by atoms with Gasteiger partial charge in [-0.05, 0) is 67.4 Å². The third-order valence-electron chi connectivity index (χ3n) is 5.03. The van der Waals surface area contributed by atoms with Crippen LogP contribution in [0.5, 0.6) is 5.75 Å². The summed E-state index contributed by atoms with van der Waals surface area (Å²) in [6.07, 6.45) is 4.28. The van der Waals surface area contributed by atoms with E-state index in [4.69, 9.17) is 4.74 Å². The Hall–Kier alpha value is -2.92. The first kappa shape index (κ1) is 18.4. The van der Waals surface area contributed by atoms with Gasteiger partial charge in [-0.3, -0.25) is 14.3 Å². The average Bonchev–Trinajstić information content (AvgIpc) is 3.22. The van der Waals surface area contributed by atoms with E-state index in [2.05, 4.69) is 17.0 Å². The van der Waals surface area contributed by atoms with Crippen LogP contribution in [0.15, 0.2) is 71.7 Å². The molecule has 5 heteroatoms. The molecule has 0 saturated carbocycles. The third kappa shape index (κ3) is 4.49. The van der Waals surface area contributed by atoms with Crippen molar-refractivity contribution in [3.05, 3.63) is 94.2 Å². The van der Waals surface area contributed by atoms with Gasteiger partial charge in [-0.2, -0.15) is 0 Å². The quantitative estimate of drug-likeness (QED) is 0.646. The fraction of sp³-hybridized carbons (Fsp3) is 0.261. The lowest BCUT2D eigenvalue weighted by molar-refractivity contribution is 0.305. The molecule has 0 radical (unpaired) electrons. The Morgan fingerprint density at radius 3 is 2.25 bits per heavy atom. The van der Waals surface area contributed by atoms with E-state index in [-0.39, 0.29) is 18.0 Å². The molecule has 2 aromatic carbocycles. The van der Waals surface area contributed by atoms with Crippen molar-refractivity contribution in [3.8, 4) is 11.4 Å². The van der Waals surface area contributed by atoms with Crippen molar-refractivity contribution >= 4 is 0 Å². The highest BCUT2D eigenvalue weighted by Crippen LogP contribution is 2.16. The van der Waals surface area contributed by atoms with Crippen LogP contribution in [0.3, 0.4) is 0 Å². The predicted molar refractivity (Wildman–Crippen MR) is 107 cm³/mol. The van der Waals surface area contributed by atoms with E-state index in [1.165, 1.54) is 49.7 Å². The number of halogens is 1. The zero-order valence-electron chi connectivity index (χ0n) is 15.7. The number of benzene rings is 2. The minimum atomic E-state index is -0.280. The molecule has 1 saturated heterocycles. The molecular formula is C23H23FN2O2. The number of aromatic nitrogens is 1. The van der Waals surface area contributed by atoms with Gasteiger partial charge in [0.2, 0.25) is 0 Å². The molecule has 0 unspecified atom stereocenters. The van der Waals surface area contributed by atoms with Gasteiger partial charge in [-0.15, -0.1) is 0 Å². The number of ether oxygens (including phenoxy) is 1. The largest absolute Gasteiger partial charge is 0.489 e. The molecule has 1 fully saturated rings. The first-order valence-corrected chi connectivity index (χ1v) is 9.59. The molecule has 4 nitrogen and oxygen atoms in total. The first-order chi connectivity index (χ1) is 13.7. The summed E-state index contributed by atoms with van der Waals surface area (Å²) in [7, 11) is 0. The lowest BCUT2D eigenvalue weighted by atomic mass is 10.2. The molecule has 0 bridgehead atoms. The van der Waals surface area contributed by atoms with E-state index >= 15 is 0 Å². The minimum Gasteiger partial charge on any atom is -0.489 e. The number of nitrogens with zero attached hydrogens (tertiary/aromatic N) is 2. The Morgan fingerprint density at radius 2 is 1.57 bits per heavy atom. The fourth-order valence-corrected chi connectivity index (χ4v) is 3.47. The average molecular weight is 378 g/mol. The summed E-state index contributed by atoms with van der Waals surface area (Å²) in [5.74, 6) is 0.217. The van der Waals surface area contributed by atoms with Crippen LogP contribution >= 0.6 is 0 Å². The van der Waals surface area contributed by atoms with Gasteiger partial charge in [0.15, 0.2) is 0 Å². The molecule has 144 valence electrons. The van der Waals surface area contributed by atoms with Crippen LogP contribution in [0.1, 0.15) is 24.0 Å². The fourth-order valence-electron chi connectivity index (χ4n) is 3.47. The van der Waals surface area contributed by atoms with Crippen molar-refractivity contribution in [2.75, 3.05) is 13.1 Å². The molecule has 1 aromatic heterocycles. The number of hydrogen-bond donors (Lipinski definition) is 0. The van der Waals surface area contributed by atoms with E-state index in [1.807, 2.05) is 12.1 Å². The van der Waals surface area contributed by atoms with E-state index in [0.717, 1.165) is 17.8 Å². The summed E-state index contributed by atoms with van der Waals surface area (Å²) in [5.41, 5.74) is 2.79. The molecular weight excluding hydrogens is 355 g/mol. The van der Waals surface area contributed by atoms with E-state index < -0.39 is 0 Å². The highest BCUT2D eigenvalue weighted by Gasteiger charge is 2.11. The van der Waals surface area contributed by atoms with Crippen molar-refractivity contribution in [1.82, 2.24) is 9.47 Å². The van der Waals surface area contributed by atoms with Gasteiger partial charge in [0.25, 0.3) is 5.56 Å². The minimum absolute atomic E-state index is 0.149. The number of likely N-dealkylation sites (tertiary alicyclic amines) is 1. The van der Waals surface area contributed by atoms with Gasteiger partial charge in [0.05, 0.1) is 0 Å². The molecule has 3 aromatic rings. The van der Waals surface area contributed by atoms with E-state index in [0.29, 0.717) is 5.75 Å². The lowest BCUT2D eigenvalue weighted by Crippen LogP contribution is -2.19. The maximum absolute atomic E-state index is 12.9. The number of hydrogen-bond acceptors (Lipinski definition) is 3. The molecule has 0 aliphatic carbocycles. The molecule has 4 rings (SSSR count). The van der Waals surface area contributed by atoms with Crippen LogP contribution in [0, 0.1) is 5.82 Å². The predicted octanol–water partition coefficient (Wildman–Crippen LogP) is 4.15. The first-order valence-electron chi connectivity index (χ1n) is 9.59. The normalized spacial score (nSPS) is 14.3. The summed E-state index contributed by atoms with van der Waals surface area (Å²) in [6.45, 7) is 3.58. The van der Waals surface area contributed by atoms with E-state index in [9.17, 15) is 9.18 Å². The summed E-state index contributed by atoms with van der Waals surface area (Å²) in [4.78, 5) is 14.9. The molecule has 0 amide bonds. The number of pyridine rings is 1. The molecule has 1 aliphatic rings. The van der Waals surface area contributed by atoms with Gasteiger partial charge in [0, 0.05) is 24.5 Å². The van der Waals surface area contributed by atoms with Gasteiger partial charge < -0.3 is 4.74 Å². The summed E-state index contributed by atoms with van der Waals surface area (Å²) in [5, 5.41) is 0. The summed E-state index contributed by atoms with van der Waals surface area (Å²) in [6, 6.07) is 17.5. The van der Waals surface area contributed by atoms with E-state index in [1.54, 1.807) is 29.0 Å². The van der Waals surface area contributed by atoms with Crippen molar-refractivity contribution in [2.45, 2.75) is 26.0 Å². The lowest BCUT2D eigenvalue weighted by Gasteiger charge is -2.15. The Morgan fingerprint density at radius 1 is 0.893 bits per heavy atom. The second-order valence-corrected chi connectivity index (χ2v) is 7.14. The zero-order valence-corrected chi connectivity index (χ0v) is 15.7. The van der Waals surface area contributed by atoms with Crippen LogP contribution in [-0.4, -0.2) is 22.6 Å². The molecule has 0 atom stereocenters. The maximum atomic E-state index is 12.9. The second kappa shape index (κ2) is 8.40. The van der Waals surface area contributed by atoms with Gasteiger partial charge in [-0.1, -0.05) is 24.3 Å². The van der Waals surface area contributed by atoms with Crippen molar-refractivity contribution in [3.63, 3.8) is 0 Å². The Balaban J connectivity index is 1.42. The standard InChI is InChI=1S/C23H23FN2O2/c24-20-7-3-19(4-8-20)17-28-22-11-14-26(23(27)15-22)21-9-5-18(6-10-21)16-25-12-1-2-13-25/h3-11,14-15H,1-2,12-13,16-17H2. The van der Waals surface area contributed by atoms with Crippen LogP contribution in [-0.2, 0) is 13.2 Å². The second-order valence-electron chi connectivity index (χ2n) is 7.14. The van der Waals surface area contributed by atoms with Crippen molar-refractivity contribution < 1.29 is 9.13 Å². The van der Waals surface area contributed by atoms with Crippen LogP contribution < -0.4 is 10.3 Å². The topological polar surface area (TPSA) is 34.5 Å². The Kier molecular flexibility index (Phi) is 5.53. The molecule has 0 spiro atoms. The van der Waals surface area contributed by atoms with Crippen molar-refractivity contribution in [1.29, 1.82) is 0 Å². The third-order valence-corrected chi connectivity index (χ3v) is 5.03. The van der Waals surface area contributed by atoms with Gasteiger partial charge in [-0.25, -0.2) is 4.39 Å². The molecule has 28 heavy (non-hydrogen) atoms. The summed E-state index contributed by atoms with van der Waals surface area (Å²) >= 11 is 0. The smallest absolute Gasteiger partial charge is 0.258 e. The Bertz CT molecular complexity index is 975. The molecule has 1 aliphatic heterocycles. The Labute approximate surface area is 163 Å². The van der Waals surface area contributed by atoms with Crippen LogP contribution in [0.4, 0.5) is 4.39 Å². The summed E-state index contributed by atoms with van der Waals surface area (Å²) < 4.78 is 20.2. The van der Waals surface area contributed by atoms with Crippen LogP contribution in [0.2, 0.25) is 0 Å². The number of rotatable bonds is 6. The van der Waals surface area contributed by atoms with Crippen molar-refractivity contribution in [2.24, 2.45) is 0 Å². The van der Waals surface area contributed by atoms with Gasteiger partial charge in [0.1, 0.15) is 18.2 Å². The van der Waals surface area contributed by atoms with Gasteiger partial charge >= 0.3 is 0 Å². The maximum Gasteiger partial charge on any atom is 0.258 e.